The maximum absolute atomic E-state index is 11.6. The number of nitrogens with one attached hydrogen (secondary N) is 2. The highest BCUT2D eigenvalue weighted by Crippen LogP contribution is 2.38. The van der Waals surface area contributed by atoms with Crippen LogP contribution in [0.2, 0.25) is 5.02 Å². The molecule has 2 unspecified atom stereocenters. The van der Waals surface area contributed by atoms with Crippen molar-refractivity contribution in [1.29, 1.82) is 0 Å². The van der Waals surface area contributed by atoms with Gasteiger partial charge in [0.25, 0.3) is 0 Å². The minimum atomic E-state index is -0.831. The van der Waals surface area contributed by atoms with E-state index < -0.39 is 6.09 Å². The molecule has 2 atom stereocenters. The zero-order valence-electron chi connectivity index (χ0n) is 17.5. The molecule has 2 aliphatic heterocycles. The Morgan fingerprint density at radius 3 is 2.69 bits per heavy atom. The molecule has 4 heterocycles. The number of carboxylic acid groups (broad SMARTS) is 1. The number of aromatic amines is 1. The van der Waals surface area contributed by atoms with E-state index in [2.05, 4.69) is 15.5 Å². The lowest BCUT2D eigenvalue weighted by molar-refractivity contribution is 0.0964. The topological polar surface area (TPSA) is 130 Å². The summed E-state index contributed by atoms with van der Waals surface area (Å²) >= 11 is 6.23. The molecule has 10 nitrogen and oxygen atoms in total. The number of anilines is 3. The molecule has 1 aromatic carbocycles. The fraction of sp³-hybridized carbons (Fsp3) is 0.429. The van der Waals surface area contributed by atoms with Crippen LogP contribution in [0.3, 0.4) is 0 Å². The average Bonchev–Trinajstić information content (AvgIpc) is 3.34. The number of halogens is 1. The van der Waals surface area contributed by atoms with Gasteiger partial charge in [-0.25, -0.2) is 9.78 Å². The van der Waals surface area contributed by atoms with Gasteiger partial charge in [-0.15, -0.1) is 0 Å². The highest BCUT2D eigenvalue weighted by molar-refractivity contribution is 6.31. The van der Waals surface area contributed by atoms with E-state index in [1.165, 1.54) is 0 Å². The molecule has 4 N–H and O–H groups in total. The number of nitrogens with zero attached hydrogens (tertiary/aromatic N) is 5. The van der Waals surface area contributed by atoms with Crippen molar-refractivity contribution in [3.8, 4) is 0 Å². The second kappa shape index (κ2) is 8.10. The Hall–Kier alpha value is -3.11. The summed E-state index contributed by atoms with van der Waals surface area (Å²) in [7, 11) is 1.95. The summed E-state index contributed by atoms with van der Waals surface area (Å²) in [6, 6.07) is 7.35. The summed E-state index contributed by atoms with van der Waals surface area (Å²) in [6.45, 7) is -0.139. The van der Waals surface area contributed by atoms with Crippen LogP contribution in [0.5, 0.6) is 0 Å². The second-order valence-corrected chi connectivity index (χ2v) is 8.84. The monoisotopic (exact) mass is 457 g/mol. The lowest BCUT2D eigenvalue weighted by Gasteiger charge is -2.40. The summed E-state index contributed by atoms with van der Waals surface area (Å²) in [5.41, 5.74) is 1.28. The zero-order valence-corrected chi connectivity index (χ0v) is 18.2. The Labute approximate surface area is 189 Å². The first-order valence-electron chi connectivity index (χ1n) is 10.6. The second-order valence-electron chi connectivity index (χ2n) is 8.41. The minimum absolute atomic E-state index is 0.0344. The Bertz CT molecular complexity index is 1160. The van der Waals surface area contributed by atoms with E-state index in [9.17, 15) is 15.0 Å². The smallest absolute Gasteiger partial charge is 0.407 e. The third-order valence-corrected chi connectivity index (χ3v) is 6.72. The van der Waals surface area contributed by atoms with Crippen molar-refractivity contribution in [2.24, 2.45) is 0 Å². The van der Waals surface area contributed by atoms with Gasteiger partial charge >= 0.3 is 6.09 Å². The number of aliphatic hydroxyl groups is 1. The Morgan fingerprint density at radius 2 is 2.03 bits per heavy atom. The van der Waals surface area contributed by atoms with E-state index in [-0.39, 0.29) is 24.7 Å². The number of benzene rings is 1. The standard InChI is InChI=1S/C21H24ClN7O3/c1-28(15-8-13-3-4-14(9-15)29(13)21(31)32)20-23-17-6-11(22)2-5-16(17)19(25-20)24-18-7-12(10-30)26-27-18/h2,5-7,13-15,30H,3-4,8-10H2,1H3,(H,31,32)(H2,23,24,25,26,27). The number of hydrogen-bond acceptors (Lipinski definition) is 7. The van der Waals surface area contributed by atoms with Gasteiger partial charge in [-0.05, 0) is 43.9 Å². The molecule has 0 spiro atoms. The van der Waals surface area contributed by atoms with Crippen molar-refractivity contribution in [3.63, 3.8) is 0 Å². The number of aromatic nitrogens is 4. The van der Waals surface area contributed by atoms with Gasteiger partial charge < -0.3 is 25.3 Å². The van der Waals surface area contributed by atoms with Crippen molar-refractivity contribution in [2.45, 2.75) is 50.4 Å². The van der Waals surface area contributed by atoms with Crippen molar-refractivity contribution < 1.29 is 15.0 Å². The van der Waals surface area contributed by atoms with Crippen LogP contribution in [0, 0.1) is 0 Å². The molecule has 1 amide bonds. The van der Waals surface area contributed by atoms with Crippen LogP contribution >= 0.6 is 11.6 Å². The van der Waals surface area contributed by atoms with Gasteiger partial charge in [0.15, 0.2) is 5.82 Å². The maximum Gasteiger partial charge on any atom is 0.407 e. The zero-order chi connectivity index (χ0) is 22.4. The molecule has 0 saturated carbocycles. The fourth-order valence-corrected chi connectivity index (χ4v) is 5.08. The van der Waals surface area contributed by atoms with Crippen molar-refractivity contribution >= 4 is 46.2 Å². The Morgan fingerprint density at radius 1 is 1.28 bits per heavy atom. The summed E-state index contributed by atoms with van der Waals surface area (Å²) in [4.78, 5) is 24.8. The molecule has 5 rings (SSSR count). The molecule has 3 aromatic rings. The third-order valence-electron chi connectivity index (χ3n) is 6.49. The van der Waals surface area contributed by atoms with Gasteiger partial charge in [-0.1, -0.05) is 11.6 Å². The van der Waals surface area contributed by atoms with E-state index in [0.29, 0.717) is 33.8 Å². The summed E-state index contributed by atoms with van der Waals surface area (Å²) in [5.74, 6) is 1.65. The predicted octanol–water partition coefficient (Wildman–Crippen LogP) is 3.35. The molecule has 0 radical (unpaired) electrons. The molecule has 2 saturated heterocycles. The van der Waals surface area contributed by atoms with E-state index >= 15 is 0 Å². The van der Waals surface area contributed by atoms with E-state index in [4.69, 9.17) is 21.6 Å². The summed E-state index contributed by atoms with van der Waals surface area (Å²) in [5, 5.41) is 30.3. The average molecular weight is 458 g/mol. The number of piperidine rings is 1. The summed E-state index contributed by atoms with van der Waals surface area (Å²) < 4.78 is 0. The van der Waals surface area contributed by atoms with Crippen molar-refractivity contribution in [1.82, 2.24) is 25.1 Å². The van der Waals surface area contributed by atoms with Gasteiger partial charge in [0.1, 0.15) is 5.82 Å². The van der Waals surface area contributed by atoms with E-state index in [1.807, 2.05) is 18.0 Å². The normalized spacial score (nSPS) is 22.3. The molecular weight excluding hydrogens is 434 g/mol. The molecule has 0 aliphatic carbocycles. The van der Waals surface area contributed by atoms with Crippen LogP contribution in [0.25, 0.3) is 10.9 Å². The Kier molecular flexibility index (Phi) is 5.26. The van der Waals surface area contributed by atoms with Crippen LogP contribution in [0.1, 0.15) is 31.4 Å². The van der Waals surface area contributed by atoms with Gasteiger partial charge in [0.2, 0.25) is 5.95 Å². The van der Waals surface area contributed by atoms with Crippen LogP contribution in [0.4, 0.5) is 22.4 Å². The van der Waals surface area contributed by atoms with Gasteiger partial charge in [-0.2, -0.15) is 10.1 Å². The first-order chi connectivity index (χ1) is 15.4. The van der Waals surface area contributed by atoms with Gasteiger partial charge in [0, 0.05) is 41.6 Å². The predicted molar refractivity (Wildman–Crippen MR) is 120 cm³/mol. The van der Waals surface area contributed by atoms with Crippen LogP contribution in [-0.2, 0) is 6.61 Å². The van der Waals surface area contributed by atoms with Crippen LogP contribution in [-0.4, -0.2) is 66.5 Å². The molecule has 32 heavy (non-hydrogen) atoms. The Balaban J connectivity index is 1.47. The maximum atomic E-state index is 11.6. The lowest BCUT2D eigenvalue weighted by atomic mass is 9.97. The quantitative estimate of drug-likeness (QED) is 0.458. The molecular formula is C21H24ClN7O3. The molecule has 2 bridgehead atoms. The molecule has 2 aliphatic rings. The first kappa shape index (κ1) is 20.8. The number of hydrogen-bond donors (Lipinski definition) is 4. The van der Waals surface area contributed by atoms with Crippen LogP contribution < -0.4 is 10.2 Å². The van der Waals surface area contributed by atoms with Gasteiger partial charge in [0.05, 0.1) is 17.8 Å². The minimum Gasteiger partial charge on any atom is -0.465 e. The molecule has 2 aromatic heterocycles. The number of H-pyrrole nitrogens is 1. The highest BCUT2D eigenvalue weighted by Gasteiger charge is 2.44. The SMILES string of the molecule is CN(c1nc(Nc2cc(CO)[nH]n2)c2ccc(Cl)cc2n1)C1CC2CCC(C1)N2C(=O)O. The largest absolute Gasteiger partial charge is 0.465 e. The number of aliphatic hydroxyl groups excluding tert-OH is 1. The highest BCUT2D eigenvalue weighted by atomic mass is 35.5. The molecule has 11 heteroatoms. The number of fused-ring (bicyclic) bond motifs is 3. The number of amides is 1. The fourth-order valence-electron chi connectivity index (χ4n) is 4.91. The number of carbonyl (C=O) groups is 1. The molecule has 168 valence electrons. The van der Waals surface area contributed by atoms with Crippen LogP contribution in [0.15, 0.2) is 24.3 Å². The van der Waals surface area contributed by atoms with E-state index in [1.54, 1.807) is 23.1 Å². The third kappa shape index (κ3) is 3.69. The van der Waals surface area contributed by atoms with Crippen molar-refractivity contribution in [2.75, 3.05) is 17.3 Å². The van der Waals surface area contributed by atoms with Gasteiger partial charge in [-0.3, -0.25) is 5.10 Å². The first-order valence-corrected chi connectivity index (χ1v) is 10.9. The van der Waals surface area contributed by atoms with E-state index in [0.717, 1.165) is 31.1 Å². The lowest BCUT2D eigenvalue weighted by Crippen LogP contribution is -2.51. The van der Waals surface area contributed by atoms with Crippen molar-refractivity contribution in [3.05, 3.63) is 35.0 Å². The molecule has 2 fully saturated rings. The number of rotatable bonds is 5. The summed E-state index contributed by atoms with van der Waals surface area (Å²) in [6.07, 6.45) is 2.46.